The third-order valence-electron chi connectivity index (χ3n) is 5.23. The van der Waals surface area contributed by atoms with Crippen LogP contribution in [0.4, 0.5) is 22.7 Å². The molecule has 1 aliphatic heterocycles. The Hall–Kier alpha value is -2.66. The molecule has 3 rings (SSSR count). The van der Waals surface area contributed by atoms with E-state index in [4.69, 9.17) is 0 Å². The molecule has 1 amide bonds. The lowest BCUT2D eigenvalue weighted by molar-refractivity contribution is -0.116. The van der Waals surface area contributed by atoms with Gasteiger partial charge in [0.2, 0.25) is 10.8 Å². The molecule has 0 aromatic heterocycles. The molecule has 10 heteroatoms. The molecule has 0 saturated carbocycles. The predicted molar refractivity (Wildman–Crippen MR) is 126 cm³/mol. The van der Waals surface area contributed by atoms with E-state index in [-0.39, 0.29) is 36.5 Å². The molecule has 1 heterocycles. The van der Waals surface area contributed by atoms with Gasteiger partial charge in [0.05, 0.1) is 24.6 Å². The lowest BCUT2D eigenvalue weighted by atomic mass is 10.0. The molecule has 6 N–H and O–H groups in total. The standard InChI is InChI=1S/C22H30N4O5S/c1-13-4-6-17(9-18(13)23-14(2)11-27)26-32(30,31)21-8-16-5-7-22(29)25-19(16)10-20(21)24-15(3)12-28/h4,6,8-10,14-15,23,27-28H,5,7,11-12H2,1-3H3,(H3-,24,25,26,29,30,31)/t14-,15-/m0/s1. The molecule has 2 aromatic rings. The summed E-state index contributed by atoms with van der Waals surface area (Å²) in [5, 5.41) is 27.7. The minimum Gasteiger partial charge on any atom is -0.588 e. The average Bonchev–Trinajstić information content (AvgIpc) is 2.74. The first-order chi connectivity index (χ1) is 15.1. The Kier molecular flexibility index (Phi) is 7.40. The van der Waals surface area contributed by atoms with Crippen LogP contribution < -0.4 is 20.7 Å². The summed E-state index contributed by atoms with van der Waals surface area (Å²) >= 11 is 0. The van der Waals surface area contributed by atoms with Crippen molar-refractivity contribution in [3.63, 3.8) is 0 Å². The van der Waals surface area contributed by atoms with Gasteiger partial charge in [-0.25, -0.2) is 4.72 Å². The molecule has 0 bridgehead atoms. The smallest absolute Gasteiger partial charge is 0.224 e. The van der Waals surface area contributed by atoms with Gasteiger partial charge in [0, 0.05) is 35.9 Å². The number of fused-ring (bicyclic) bond motifs is 1. The molecule has 2 aromatic carbocycles. The second-order valence-corrected chi connectivity index (χ2v) is 9.80. The fraction of sp³-hybridized carbons (Fsp3) is 0.409. The minimum atomic E-state index is -3.99. The Labute approximate surface area is 189 Å². The van der Waals surface area contributed by atoms with E-state index < -0.39 is 16.4 Å². The number of aryl methyl sites for hydroxylation is 2. The van der Waals surface area contributed by atoms with Crippen LogP contribution in [-0.2, 0) is 25.8 Å². The first kappa shape index (κ1) is 24.0. The van der Waals surface area contributed by atoms with Gasteiger partial charge in [-0.3, -0.25) is 4.79 Å². The summed E-state index contributed by atoms with van der Waals surface area (Å²) in [6.07, 6.45) is 0.729. The zero-order valence-corrected chi connectivity index (χ0v) is 19.2. The van der Waals surface area contributed by atoms with Crippen LogP contribution in [0.3, 0.4) is 0 Å². The van der Waals surface area contributed by atoms with E-state index in [1.54, 1.807) is 37.3 Å². The van der Waals surface area contributed by atoms with Crippen molar-refractivity contribution in [3.8, 4) is 0 Å². The third kappa shape index (κ3) is 5.57. The first-order valence-corrected chi connectivity index (χ1v) is 12.0. The molecule has 32 heavy (non-hydrogen) atoms. The Bertz CT molecular complexity index is 1050. The molecular formula is C22H30N4O5S. The quantitative estimate of drug-likeness (QED) is 0.314. The van der Waals surface area contributed by atoms with Gasteiger partial charge >= 0.3 is 0 Å². The van der Waals surface area contributed by atoms with Crippen molar-refractivity contribution < 1.29 is 23.8 Å². The van der Waals surface area contributed by atoms with E-state index in [1.165, 1.54) is 0 Å². The number of carbonyl (C=O) groups is 1. The molecule has 0 spiro atoms. The number of aliphatic hydroxyl groups excluding tert-OH is 2. The Balaban J connectivity index is 1.97. The highest BCUT2D eigenvalue weighted by atomic mass is 32.3. The van der Waals surface area contributed by atoms with E-state index in [0.717, 1.165) is 11.1 Å². The summed E-state index contributed by atoms with van der Waals surface area (Å²) in [5.41, 5.74) is 3.58. The van der Waals surface area contributed by atoms with E-state index >= 15 is 0 Å². The number of anilines is 4. The van der Waals surface area contributed by atoms with Crippen LogP contribution in [0, 0.1) is 6.92 Å². The molecule has 174 valence electrons. The van der Waals surface area contributed by atoms with E-state index in [1.807, 2.05) is 13.8 Å². The molecule has 9 nitrogen and oxygen atoms in total. The van der Waals surface area contributed by atoms with Crippen LogP contribution >= 0.6 is 0 Å². The predicted octanol–water partition coefficient (Wildman–Crippen LogP) is 2.48. The maximum absolute atomic E-state index is 13.4. The van der Waals surface area contributed by atoms with Gasteiger partial charge in [0.25, 0.3) is 0 Å². The normalized spacial score (nSPS) is 16.9. The Morgan fingerprint density at radius 2 is 1.72 bits per heavy atom. The van der Waals surface area contributed by atoms with Gasteiger partial charge < -0.3 is 30.7 Å². The van der Waals surface area contributed by atoms with Gasteiger partial charge in [0.1, 0.15) is 0 Å². The Morgan fingerprint density at radius 3 is 2.38 bits per heavy atom. The van der Waals surface area contributed by atoms with E-state index in [2.05, 4.69) is 20.7 Å². The zero-order chi connectivity index (χ0) is 23.5. The highest BCUT2D eigenvalue weighted by Crippen LogP contribution is 2.36. The monoisotopic (exact) mass is 462 g/mol. The molecule has 3 atom stereocenters. The average molecular weight is 463 g/mol. The second-order valence-electron chi connectivity index (χ2n) is 8.14. The van der Waals surface area contributed by atoms with Crippen LogP contribution in [0.2, 0.25) is 0 Å². The molecule has 0 saturated heterocycles. The lowest BCUT2D eigenvalue weighted by Crippen LogP contribution is -2.27. The Morgan fingerprint density at radius 1 is 1.06 bits per heavy atom. The molecule has 0 aliphatic carbocycles. The zero-order valence-electron chi connectivity index (χ0n) is 18.4. The maximum atomic E-state index is 13.4. The summed E-state index contributed by atoms with van der Waals surface area (Å²) < 4.78 is 29.3. The van der Waals surface area contributed by atoms with Crippen LogP contribution in [0.1, 0.15) is 31.4 Å². The van der Waals surface area contributed by atoms with E-state index in [9.17, 15) is 23.8 Å². The topological polar surface area (TPSA) is 146 Å². The fourth-order valence-electron chi connectivity index (χ4n) is 3.41. The van der Waals surface area contributed by atoms with Crippen molar-refractivity contribution in [2.75, 3.05) is 33.9 Å². The summed E-state index contributed by atoms with van der Waals surface area (Å²) in [6, 6.07) is 7.72. The van der Waals surface area contributed by atoms with E-state index in [0.29, 0.717) is 29.2 Å². The summed E-state index contributed by atoms with van der Waals surface area (Å²) in [7, 11) is -3.99. The lowest BCUT2D eigenvalue weighted by Gasteiger charge is -2.25. The van der Waals surface area contributed by atoms with Gasteiger partial charge in [-0.2, -0.15) is 0 Å². The molecular weight excluding hydrogens is 432 g/mol. The maximum Gasteiger partial charge on any atom is 0.224 e. The van der Waals surface area contributed by atoms with Gasteiger partial charge in [-0.1, -0.05) is 10.3 Å². The van der Waals surface area contributed by atoms with Crippen molar-refractivity contribution in [1.29, 1.82) is 0 Å². The summed E-state index contributed by atoms with van der Waals surface area (Å²) in [6.45, 7) is 5.19. The van der Waals surface area contributed by atoms with Gasteiger partial charge in [-0.15, -0.1) is 0 Å². The number of benzene rings is 2. The molecule has 0 radical (unpaired) electrons. The van der Waals surface area contributed by atoms with Crippen LogP contribution in [0.5, 0.6) is 0 Å². The number of hydrogen-bond donors (Lipinski definition) is 6. The number of aliphatic hydroxyl groups is 2. The van der Waals surface area contributed by atoms with Crippen molar-refractivity contribution >= 4 is 39.1 Å². The highest BCUT2D eigenvalue weighted by Gasteiger charge is 2.29. The molecule has 1 aliphatic rings. The second kappa shape index (κ2) is 9.86. The number of amides is 1. The fourth-order valence-corrected chi connectivity index (χ4v) is 4.67. The largest absolute Gasteiger partial charge is 0.588 e. The van der Waals surface area contributed by atoms with Crippen molar-refractivity contribution in [3.05, 3.63) is 41.5 Å². The minimum absolute atomic E-state index is 0.0338. The van der Waals surface area contributed by atoms with Crippen molar-refractivity contribution in [2.45, 2.75) is 50.6 Å². The van der Waals surface area contributed by atoms with Gasteiger partial charge in [-0.05, 0) is 56.5 Å². The number of rotatable bonds is 9. The van der Waals surface area contributed by atoms with Crippen molar-refractivity contribution in [1.82, 2.24) is 0 Å². The third-order valence-corrected chi connectivity index (χ3v) is 6.65. The SMILES string of the molecule is Cc1ccc(N[S+](=O)([O-])c2cc3c(cc2N[C@@H](C)CO)NC(=O)CC3)cc1N[C@@H](C)CO. The first-order valence-electron chi connectivity index (χ1n) is 10.5. The molecule has 1 unspecified atom stereocenters. The summed E-state index contributed by atoms with van der Waals surface area (Å²) in [4.78, 5) is 11.8. The van der Waals surface area contributed by atoms with Crippen LogP contribution in [-0.4, -0.2) is 46.0 Å². The number of nitrogens with one attached hydrogen (secondary N) is 4. The van der Waals surface area contributed by atoms with Crippen LogP contribution in [0.25, 0.3) is 0 Å². The summed E-state index contributed by atoms with van der Waals surface area (Å²) in [5.74, 6) is -0.121. The van der Waals surface area contributed by atoms with Crippen LogP contribution in [0.15, 0.2) is 35.2 Å². The molecule has 0 fully saturated rings. The number of carbonyl (C=O) groups excluding carboxylic acids is 1. The highest BCUT2D eigenvalue weighted by molar-refractivity contribution is 7.99. The number of hydrogen-bond acceptors (Lipinski definition) is 7. The van der Waals surface area contributed by atoms with Crippen molar-refractivity contribution in [2.24, 2.45) is 0 Å². The van der Waals surface area contributed by atoms with Gasteiger partial charge in [0.15, 0.2) is 10.4 Å². The number of sulfonamides is 1.